The van der Waals surface area contributed by atoms with Gasteiger partial charge in [0.25, 0.3) is 0 Å². The van der Waals surface area contributed by atoms with E-state index in [1.807, 2.05) is 0 Å². The first-order valence-corrected chi connectivity index (χ1v) is 3.52. The van der Waals surface area contributed by atoms with Crippen LogP contribution >= 0.6 is 0 Å². The Labute approximate surface area is 81.4 Å². The van der Waals surface area contributed by atoms with Crippen molar-refractivity contribution in [1.82, 2.24) is 0 Å². The smallest absolute Gasteiger partial charge is 0.320 e. The number of benzene rings is 1. The monoisotopic (exact) mass is 185 g/mol. The van der Waals surface area contributed by atoms with E-state index in [0.29, 0.717) is 0 Å². The average molecular weight is 185 g/mol. The van der Waals surface area contributed by atoms with Crippen molar-refractivity contribution in [3.05, 3.63) is 29.8 Å². The molecule has 0 aliphatic heterocycles. The number of rotatable bonds is 4. The van der Waals surface area contributed by atoms with Crippen LogP contribution in [0.15, 0.2) is 24.3 Å². The molecule has 0 saturated heterocycles. The van der Waals surface area contributed by atoms with Crippen LogP contribution in [-0.4, -0.2) is 22.2 Å². The van der Waals surface area contributed by atoms with Gasteiger partial charge in [0.15, 0.2) is 0 Å². The van der Waals surface area contributed by atoms with Gasteiger partial charge in [-0.05, 0) is 24.1 Å². The highest BCUT2D eigenvalue weighted by atomic mass is 16.4. The number of hydrogen-bond acceptors (Lipinski definition) is 3. The molecule has 1 aromatic carbocycles. The zero-order valence-corrected chi connectivity index (χ0v) is 6.64. The summed E-state index contributed by atoms with van der Waals surface area (Å²) in [7, 11) is 0. The van der Waals surface area contributed by atoms with Gasteiger partial charge in [-0.25, -0.2) is 0 Å². The van der Waals surface area contributed by atoms with Crippen molar-refractivity contribution in [2.24, 2.45) is 5.72 Å². The molecule has 0 spiro atoms. The average Bonchev–Trinajstić information content (AvgIpc) is 2.27. The molecule has 0 aromatic heterocycles. The quantitative estimate of drug-likeness (QED) is 0.631. The standard InChI is InChI=1S/C9H11NO3/c10-8(9(12)13)5-6-1-3-7(11)4-2-6/h1-4,8,11H,5,10H2,(H,12,13)/t8-/m0/s1/i5D,8D/hD2/t5?,8-. The van der Waals surface area contributed by atoms with Crippen LogP contribution in [0.5, 0.6) is 5.75 Å². The number of phenols is 1. The van der Waals surface area contributed by atoms with Crippen LogP contribution in [0.1, 0.15) is 8.30 Å². The maximum absolute atomic E-state index is 10.9. The molecule has 0 amide bonds. The number of carboxylic acids is 1. The lowest BCUT2D eigenvalue weighted by atomic mass is 10.1. The molecule has 2 atom stereocenters. The summed E-state index contributed by atoms with van der Waals surface area (Å²) in [5.74, 6) is -1.81. The van der Waals surface area contributed by atoms with Crippen molar-refractivity contribution in [1.29, 1.82) is 0 Å². The van der Waals surface area contributed by atoms with E-state index in [0.717, 1.165) is 0 Å². The molecule has 0 aliphatic carbocycles. The normalized spacial score (nSPS) is 21.9. The van der Waals surface area contributed by atoms with Crippen LogP contribution in [0.25, 0.3) is 0 Å². The second-order valence-corrected chi connectivity index (χ2v) is 2.43. The molecule has 70 valence electrons. The molecular formula is C9H11NO3. The molecular weight excluding hydrogens is 170 g/mol. The molecule has 0 fully saturated rings. The van der Waals surface area contributed by atoms with E-state index in [2.05, 4.69) is 0 Å². The van der Waals surface area contributed by atoms with Crippen LogP contribution in [0.3, 0.4) is 0 Å². The second-order valence-electron chi connectivity index (χ2n) is 2.43. The van der Waals surface area contributed by atoms with Gasteiger partial charge in [-0.3, -0.25) is 4.79 Å². The molecule has 1 unspecified atom stereocenters. The number of nitrogens with two attached hydrogens (primary N) is 1. The lowest BCUT2D eigenvalue weighted by Gasteiger charge is -2.05. The minimum absolute atomic E-state index is 0.0551. The van der Waals surface area contributed by atoms with Gasteiger partial charge < -0.3 is 15.9 Å². The summed E-state index contributed by atoms with van der Waals surface area (Å²) in [4.78, 5) is 10.9. The molecule has 0 heterocycles. The van der Waals surface area contributed by atoms with E-state index in [1.165, 1.54) is 24.3 Å². The summed E-state index contributed by atoms with van der Waals surface area (Å²) in [6, 6.07) is 2.33. The Morgan fingerprint density at radius 2 is 2.31 bits per heavy atom. The summed E-state index contributed by atoms with van der Waals surface area (Å²) in [6.45, 7) is 0. The highest BCUT2D eigenvalue weighted by Gasteiger charge is 2.11. The molecule has 1 rings (SSSR count). The number of aromatic hydroxyl groups is 1. The fourth-order valence-corrected chi connectivity index (χ4v) is 0.790. The van der Waals surface area contributed by atoms with Crippen molar-refractivity contribution < 1.29 is 20.6 Å². The third-order valence-electron chi connectivity index (χ3n) is 1.42. The Balaban J connectivity index is 3.13. The molecule has 4 heteroatoms. The fourth-order valence-electron chi connectivity index (χ4n) is 0.790. The minimum atomic E-state index is -2.73. The van der Waals surface area contributed by atoms with Gasteiger partial charge in [0.1, 0.15) is 14.6 Å². The van der Waals surface area contributed by atoms with Crippen molar-refractivity contribution in [2.45, 2.75) is 12.4 Å². The van der Waals surface area contributed by atoms with Crippen molar-refractivity contribution in [3.63, 3.8) is 0 Å². The molecule has 0 aliphatic rings. The van der Waals surface area contributed by atoms with Gasteiger partial charge in [-0.1, -0.05) is 12.1 Å². The van der Waals surface area contributed by atoms with E-state index in [4.69, 9.17) is 15.8 Å². The maximum Gasteiger partial charge on any atom is 0.320 e. The third kappa shape index (κ3) is 2.76. The third-order valence-corrected chi connectivity index (χ3v) is 1.42. The Morgan fingerprint density at radius 1 is 1.69 bits per heavy atom. The predicted molar refractivity (Wildman–Crippen MR) is 47.4 cm³/mol. The van der Waals surface area contributed by atoms with Gasteiger partial charge in [-0.2, -0.15) is 0 Å². The molecule has 1 aromatic rings. The summed E-state index contributed by atoms with van der Waals surface area (Å²) in [6.07, 6.45) is -1.64. The first-order valence-electron chi connectivity index (χ1n) is 5.50. The molecule has 0 radical (unpaired) electrons. The first-order chi connectivity index (χ1) is 7.80. The van der Waals surface area contributed by atoms with Gasteiger partial charge >= 0.3 is 5.97 Å². The van der Waals surface area contributed by atoms with Gasteiger partial charge in [0, 0.05) is 1.37 Å². The lowest BCUT2D eigenvalue weighted by molar-refractivity contribution is -0.138. The topological polar surface area (TPSA) is 83.5 Å². The fraction of sp³-hybridized carbons (Fsp3) is 0.222. The Bertz CT molecular complexity index is 411. The zero-order chi connectivity index (χ0) is 13.2. The first kappa shape index (κ1) is 5.24. The lowest BCUT2D eigenvalue weighted by Crippen LogP contribution is -2.32. The van der Waals surface area contributed by atoms with Crippen LogP contribution in [-0.2, 0) is 11.2 Å². The van der Waals surface area contributed by atoms with Crippen LogP contribution in [0.2, 0.25) is 2.82 Å². The molecule has 4 nitrogen and oxygen atoms in total. The SMILES string of the molecule is [2H]C(c1ccc(O)cc1)[C@@]([2H])(C(=O)O)N([2H])[2H]. The highest BCUT2D eigenvalue weighted by molar-refractivity contribution is 5.73. The van der Waals surface area contributed by atoms with Gasteiger partial charge in [-0.15, -0.1) is 0 Å². The summed E-state index contributed by atoms with van der Waals surface area (Å²) in [5.41, 5.74) is -0.190. The number of hydrogen-bond donors (Lipinski definition) is 3. The van der Waals surface area contributed by atoms with E-state index in [9.17, 15) is 4.79 Å². The van der Waals surface area contributed by atoms with Crippen LogP contribution < -0.4 is 5.72 Å². The van der Waals surface area contributed by atoms with E-state index < -0.39 is 18.4 Å². The molecule has 0 bridgehead atoms. The van der Waals surface area contributed by atoms with Gasteiger partial charge in [0.05, 0.1) is 1.37 Å². The number of carbonyl (C=O) groups is 1. The summed E-state index contributed by atoms with van der Waals surface area (Å²) in [5, 5.41) is 17.9. The highest BCUT2D eigenvalue weighted by Crippen LogP contribution is 2.10. The summed E-state index contributed by atoms with van der Waals surface area (Å²) >= 11 is 0. The van der Waals surface area contributed by atoms with Crippen LogP contribution in [0, 0.1) is 0 Å². The number of aliphatic carboxylic acids is 1. The molecule has 13 heavy (non-hydrogen) atoms. The number of carboxylic acid groups (broad SMARTS) is 1. The molecule has 0 saturated carbocycles. The largest absolute Gasteiger partial charge is 0.508 e. The zero-order valence-electron chi connectivity index (χ0n) is 10.6. The van der Waals surface area contributed by atoms with E-state index >= 15 is 0 Å². The minimum Gasteiger partial charge on any atom is -0.508 e. The Morgan fingerprint density at radius 3 is 2.77 bits per heavy atom. The van der Waals surface area contributed by atoms with Crippen LogP contribution in [0.4, 0.5) is 0 Å². The number of phenolic OH excluding ortho intramolecular Hbond substituents is 1. The van der Waals surface area contributed by atoms with Crippen molar-refractivity contribution >= 4 is 5.97 Å². The van der Waals surface area contributed by atoms with E-state index in [1.54, 1.807) is 0 Å². The summed E-state index contributed by atoms with van der Waals surface area (Å²) < 4.78 is 29.1. The predicted octanol–water partition coefficient (Wildman–Crippen LogP) is 0.347. The second kappa shape index (κ2) is 3.91. The molecule has 4 N–H and O–H groups in total. The van der Waals surface area contributed by atoms with E-state index in [-0.39, 0.29) is 17.0 Å². The van der Waals surface area contributed by atoms with Crippen molar-refractivity contribution in [2.75, 3.05) is 0 Å². The van der Waals surface area contributed by atoms with Crippen molar-refractivity contribution in [3.8, 4) is 5.75 Å². The Hall–Kier alpha value is -1.55. The van der Waals surface area contributed by atoms with Gasteiger partial charge in [0.2, 0.25) is 0 Å². The Kier molecular flexibility index (Phi) is 1.58. The maximum atomic E-state index is 10.9.